The molecule has 1 aromatic heterocycles. The summed E-state index contributed by atoms with van der Waals surface area (Å²) in [4.78, 5) is 15.3. The fourth-order valence-corrected chi connectivity index (χ4v) is 1.66. The van der Waals surface area contributed by atoms with Crippen molar-refractivity contribution in [3.05, 3.63) is 18.7 Å². The highest BCUT2D eigenvalue weighted by Gasteiger charge is 2.16. The van der Waals surface area contributed by atoms with E-state index < -0.39 is 6.10 Å². The lowest BCUT2D eigenvalue weighted by atomic mass is 9.97. The van der Waals surface area contributed by atoms with E-state index in [2.05, 4.69) is 10.3 Å². The van der Waals surface area contributed by atoms with Crippen molar-refractivity contribution in [2.75, 3.05) is 6.54 Å². The molecule has 0 spiro atoms. The van der Waals surface area contributed by atoms with Crippen LogP contribution >= 0.6 is 0 Å². The number of hydrogen-bond donors (Lipinski definition) is 2. The van der Waals surface area contributed by atoms with Gasteiger partial charge in [0.15, 0.2) is 0 Å². The molecule has 90 valence electrons. The molecule has 0 saturated carbocycles. The Balaban J connectivity index is 2.37. The topological polar surface area (TPSA) is 67.2 Å². The molecule has 0 aliphatic rings. The van der Waals surface area contributed by atoms with Gasteiger partial charge in [-0.3, -0.25) is 4.57 Å². The van der Waals surface area contributed by atoms with Gasteiger partial charge in [-0.15, -0.1) is 0 Å². The maximum absolute atomic E-state index is 11.5. The number of rotatable bonds is 5. The lowest BCUT2D eigenvalue weighted by molar-refractivity contribution is 0.103. The van der Waals surface area contributed by atoms with Crippen LogP contribution in [0.5, 0.6) is 0 Å². The van der Waals surface area contributed by atoms with Crippen LogP contribution in [0.4, 0.5) is 4.79 Å². The maximum atomic E-state index is 11.5. The fraction of sp³-hybridized carbons (Fsp3) is 0.636. The van der Waals surface area contributed by atoms with Gasteiger partial charge in [0, 0.05) is 18.9 Å². The number of carbonyl (C=O) groups excluding carboxylic acids is 1. The summed E-state index contributed by atoms with van der Waals surface area (Å²) < 4.78 is 1.35. The summed E-state index contributed by atoms with van der Waals surface area (Å²) in [6.07, 6.45) is 5.88. The standard InChI is InChI=1S/C11H19N3O2/c1-3-9(4-2)10(15)7-13-11(16)14-6-5-12-8-14/h5-6,8-10,15H,3-4,7H2,1-2H3,(H,13,16). The summed E-state index contributed by atoms with van der Waals surface area (Å²) in [5.74, 6) is 0.239. The highest BCUT2D eigenvalue weighted by molar-refractivity contribution is 5.76. The van der Waals surface area contributed by atoms with E-state index in [1.807, 2.05) is 13.8 Å². The molecule has 1 aromatic rings. The number of aliphatic hydroxyl groups is 1. The van der Waals surface area contributed by atoms with Gasteiger partial charge in [0.25, 0.3) is 0 Å². The van der Waals surface area contributed by atoms with Crippen LogP contribution in [0.25, 0.3) is 0 Å². The Morgan fingerprint density at radius 3 is 2.69 bits per heavy atom. The largest absolute Gasteiger partial charge is 0.391 e. The quantitative estimate of drug-likeness (QED) is 0.792. The zero-order valence-corrected chi connectivity index (χ0v) is 9.76. The Labute approximate surface area is 95.5 Å². The minimum atomic E-state index is -0.484. The van der Waals surface area contributed by atoms with E-state index >= 15 is 0 Å². The highest BCUT2D eigenvalue weighted by atomic mass is 16.3. The summed E-state index contributed by atoms with van der Waals surface area (Å²) in [6.45, 7) is 4.35. The van der Waals surface area contributed by atoms with Gasteiger partial charge >= 0.3 is 6.03 Å². The van der Waals surface area contributed by atoms with Crippen molar-refractivity contribution in [3.8, 4) is 0 Å². The number of hydrogen-bond acceptors (Lipinski definition) is 3. The minimum absolute atomic E-state index is 0.239. The van der Waals surface area contributed by atoms with Crippen LogP contribution in [0.15, 0.2) is 18.7 Å². The Bertz CT molecular complexity index is 307. The minimum Gasteiger partial charge on any atom is -0.391 e. The zero-order chi connectivity index (χ0) is 12.0. The average molecular weight is 225 g/mol. The number of carbonyl (C=O) groups is 1. The first-order valence-corrected chi connectivity index (χ1v) is 5.63. The normalized spacial score (nSPS) is 12.8. The van der Waals surface area contributed by atoms with Crippen molar-refractivity contribution in [2.24, 2.45) is 5.92 Å². The van der Waals surface area contributed by atoms with E-state index in [9.17, 15) is 9.90 Å². The number of nitrogens with zero attached hydrogens (tertiary/aromatic N) is 2. The Morgan fingerprint density at radius 1 is 1.50 bits per heavy atom. The molecule has 16 heavy (non-hydrogen) atoms. The highest BCUT2D eigenvalue weighted by Crippen LogP contribution is 2.12. The molecule has 0 aromatic carbocycles. The van der Waals surface area contributed by atoms with Crippen LogP contribution in [-0.4, -0.2) is 33.3 Å². The molecule has 1 atom stereocenters. The number of aromatic nitrogens is 2. The van der Waals surface area contributed by atoms with Crippen molar-refractivity contribution >= 4 is 6.03 Å². The third kappa shape index (κ3) is 3.34. The van der Waals surface area contributed by atoms with E-state index in [1.54, 1.807) is 6.20 Å². The third-order valence-electron chi connectivity index (χ3n) is 2.79. The molecule has 5 heteroatoms. The number of aliphatic hydroxyl groups excluding tert-OH is 1. The van der Waals surface area contributed by atoms with Crippen molar-refractivity contribution in [3.63, 3.8) is 0 Å². The van der Waals surface area contributed by atoms with Crippen molar-refractivity contribution in [1.29, 1.82) is 0 Å². The summed E-state index contributed by atoms with van der Waals surface area (Å²) in [7, 11) is 0. The van der Waals surface area contributed by atoms with Crippen molar-refractivity contribution in [2.45, 2.75) is 32.8 Å². The monoisotopic (exact) mass is 225 g/mol. The van der Waals surface area contributed by atoms with Crippen LogP contribution in [0, 0.1) is 5.92 Å². The molecule has 0 saturated heterocycles. The smallest absolute Gasteiger partial charge is 0.326 e. The Hall–Kier alpha value is -1.36. The molecule has 1 amide bonds. The van der Waals surface area contributed by atoms with Gasteiger partial charge in [-0.05, 0) is 5.92 Å². The molecular weight excluding hydrogens is 206 g/mol. The maximum Gasteiger partial charge on any atom is 0.326 e. The predicted molar refractivity (Wildman–Crippen MR) is 61.1 cm³/mol. The fourth-order valence-electron chi connectivity index (χ4n) is 1.66. The molecular formula is C11H19N3O2. The van der Waals surface area contributed by atoms with Crippen LogP contribution in [0.3, 0.4) is 0 Å². The van der Waals surface area contributed by atoms with Gasteiger partial charge in [0.05, 0.1) is 6.10 Å². The number of amides is 1. The van der Waals surface area contributed by atoms with E-state index in [4.69, 9.17) is 0 Å². The summed E-state index contributed by atoms with van der Waals surface area (Å²) in [6, 6.07) is -0.262. The summed E-state index contributed by atoms with van der Waals surface area (Å²) in [5, 5.41) is 12.5. The second-order valence-electron chi connectivity index (χ2n) is 3.80. The van der Waals surface area contributed by atoms with Crippen LogP contribution in [-0.2, 0) is 0 Å². The molecule has 0 radical (unpaired) electrons. The van der Waals surface area contributed by atoms with Gasteiger partial charge in [-0.1, -0.05) is 26.7 Å². The lowest BCUT2D eigenvalue weighted by Crippen LogP contribution is -2.37. The molecule has 1 rings (SSSR count). The van der Waals surface area contributed by atoms with E-state index in [-0.39, 0.29) is 18.5 Å². The molecule has 0 aliphatic heterocycles. The zero-order valence-electron chi connectivity index (χ0n) is 9.76. The van der Waals surface area contributed by atoms with E-state index in [1.165, 1.54) is 17.1 Å². The predicted octanol–water partition coefficient (Wildman–Crippen LogP) is 1.24. The van der Waals surface area contributed by atoms with Crippen LogP contribution in [0.1, 0.15) is 26.7 Å². The second kappa shape index (κ2) is 6.27. The molecule has 2 N–H and O–H groups in total. The Kier molecular flexibility index (Phi) is 4.98. The first kappa shape index (κ1) is 12.7. The van der Waals surface area contributed by atoms with Gasteiger partial charge in [0.1, 0.15) is 6.33 Å². The lowest BCUT2D eigenvalue weighted by Gasteiger charge is -2.20. The van der Waals surface area contributed by atoms with E-state index in [0.29, 0.717) is 0 Å². The summed E-state index contributed by atoms with van der Waals surface area (Å²) in [5.41, 5.74) is 0. The van der Waals surface area contributed by atoms with E-state index in [0.717, 1.165) is 12.8 Å². The van der Waals surface area contributed by atoms with Gasteiger partial charge in [0.2, 0.25) is 0 Å². The van der Waals surface area contributed by atoms with Gasteiger partial charge in [-0.2, -0.15) is 0 Å². The number of imidazole rings is 1. The molecule has 5 nitrogen and oxygen atoms in total. The van der Waals surface area contributed by atoms with Crippen molar-refractivity contribution < 1.29 is 9.90 Å². The first-order chi connectivity index (χ1) is 7.69. The number of nitrogens with one attached hydrogen (secondary N) is 1. The molecule has 0 aliphatic carbocycles. The van der Waals surface area contributed by atoms with Gasteiger partial charge < -0.3 is 10.4 Å². The summed E-state index contributed by atoms with van der Waals surface area (Å²) >= 11 is 0. The second-order valence-corrected chi connectivity index (χ2v) is 3.80. The first-order valence-electron chi connectivity index (χ1n) is 5.63. The Morgan fingerprint density at radius 2 is 2.19 bits per heavy atom. The van der Waals surface area contributed by atoms with Gasteiger partial charge in [-0.25, -0.2) is 9.78 Å². The van der Waals surface area contributed by atoms with Crippen LogP contribution < -0.4 is 5.32 Å². The van der Waals surface area contributed by atoms with Crippen LogP contribution in [0.2, 0.25) is 0 Å². The molecule has 1 unspecified atom stereocenters. The third-order valence-corrected chi connectivity index (χ3v) is 2.79. The molecule has 0 bridgehead atoms. The van der Waals surface area contributed by atoms with Crippen molar-refractivity contribution in [1.82, 2.24) is 14.9 Å². The molecule has 0 fully saturated rings. The SMILES string of the molecule is CCC(CC)C(O)CNC(=O)n1ccnc1. The average Bonchev–Trinajstić information content (AvgIpc) is 2.81. The molecule has 1 heterocycles.